The van der Waals surface area contributed by atoms with Crippen molar-refractivity contribution >= 4 is 60.7 Å². The molecular weight excluding hydrogens is 698 g/mol. The van der Waals surface area contributed by atoms with Gasteiger partial charge < -0.3 is 33.5 Å². The summed E-state index contributed by atoms with van der Waals surface area (Å²) >= 11 is 3.34. The van der Waals surface area contributed by atoms with Gasteiger partial charge in [-0.2, -0.15) is 0 Å². The molecule has 0 saturated carbocycles. The topological polar surface area (TPSA) is 169 Å². The van der Waals surface area contributed by atoms with E-state index in [0.29, 0.717) is 40.0 Å². The standard InChI is InChI=1S/C17H12N2O4.C9H8BrNO2.C9H10N2O2/c1-22-10-6-7-15-13(8-10)14(18-23-15)9-19-16(20)11-4-2-3-5-12(11)17(19)21;2*1-12-6-2-3-9-7(4-6)8(5-10)11-13-9/h2-8H,9H2,1H3;2-4H,5H2,1H3;2-4H,5,10H2,1H3. The molecular formula is C35H30BrN5O8. The molecule has 1 aliphatic rings. The number of alkyl halides is 1. The summed E-state index contributed by atoms with van der Waals surface area (Å²) in [6, 6.07) is 23.2. The molecule has 0 saturated heterocycles. The van der Waals surface area contributed by atoms with Gasteiger partial charge in [-0.25, -0.2) is 0 Å². The fourth-order valence-electron chi connectivity index (χ4n) is 5.17. The van der Waals surface area contributed by atoms with Crippen LogP contribution in [0, 0.1) is 0 Å². The Morgan fingerprint density at radius 1 is 0.633 bits per heavy atom. The highest BCUT2D eigenvalue weighted by molar-refractivity contribution is 9.08. The van der Waals surface area contributed by atoms with Crippen molar-refractivity contribution in [2.24, 2.45) is 5.73 Å². The highest BCUT2D eigenvalue weighted by Crippen LogP contribution is 2.29. The maximum absolute atomic E-state index is 12.4. The van der Waals surface area contributed by atoms with Crippen LogP contribution in [0.3, 0.4) is 0 Å². The van der Waals surface area contributed by atoms with Crippen molar-refractivity contribution in [2.75, 3.05) is 21.3 Å². The zero-order chi connectivity index (χ0) is 34.5. The van der Waals surface area contributed by atoms with Crippen LogP contribution in [-0.2, 0) is 18.4 Å². The molecule has 4 aromatic carbocycles. The summed E-state index contributed by atoms with van der Waals surface area (Å²) in [4.78, 5) is 26.0. The van der Waals surface area contributed by atoms with Crippen molar-refractivity contribution in [3.63, 3.8) is 0 Å². The third-order valence-corrected chi connectivity index (χ3v) is 8.29. The first-order chi connectivity index (χ1) is 23.9. The summed E-state index contributed by atoms with van der Waals surface area (Å²) in [6.07, 6.45) is 0. The molecule has 7 aromatic rings. The predicted octanol–water partition coefficient (Wildman–Crippen LogP) is 6.66. The molecule has 2 N–H and O–H groups in total. The highest BCUT2D eigenvalue weighted by Gasteiger charge is 2.36. The van der Waals surface area contributed by atoms with Gasteiger partial charge >= 0.3 is 0 Å². The minimum Gasteiger partial charge on any atom is -0.497 e. The largest absolute Gasteiger partial charge is 0.497 e. The lowest BCUT2D eigenvalue weighted by Gasteiger charge is -2.11. The quantitative estimate of drug-likeness (QED) is 0.137. The van der Waals surface area contributed by atoms with Gasteiger partial charge in [-0.15, -0.1) is 0 Å². The summed E-state index contributed by atoms with van der Waals surface area (Å²) < 4.78 is 30.8. The molecule has 2 amide bonds. The first-order valence-corrected chi connectivity index (χ1v) is 16.0. The van der Waals surface area contributed by atoms with Gasteiger partial charge in [-0.1, -0.05) is 43.5 Å². The number of carbonyl (C=O) groups excluding carboxylic acids is 2. The molecule has 13 nitrogen and oxygen atoms in total. The number of benzene rings is 4. The Kier molecular flexibility index (Phi) is 9.87. The number of carbonyl (C=O) groups is 2. The number of rotatable bonds is 7. The summed E-state index contributed by atoms with van der Waals surface area (Å²) in [5.74, 6) is 1.63. The molecule has 14 heteroatoms. The minimum absolute atomic E-state index is 0.0620. The number of aromatic nitrogens is 3. The van der Waals surface area contributed by atoms with Gasteiger partial charge in [-0.05, 0) is 66.7 Å². The summed E-state index contributed by atoms with van der Waals surface area (Å²) in [5.41, 5.74) is 10.6. The van der Waals surface area contributed by atoms with Crippen LogP contribution in [0.4, 0.5) is 0 Å². The van der Waals surface area contributed by atoms with Crippen molar-refractivity contribution < 1.29 is 37.4 Å². The Hall–Kier alpha value is -5.73. The number of nitrogens with zero attached hydrogens (tertiary/aromatic N) is 4. The lowest BCUT2D eigenvalue weighted by atomic mass is 10.1. The van der Waals surface area contributed by atoms with Crippen LogP contribution in [0.5, 0.6) is 17.2 Å². The number of methoxy groups -OCH3 is 3. The number of ether oxygens (including phenoxy) is 3. The molecule has 0 unspecified atom stereocenters. The molecule has 0 atom stereocenters. The summed E-state index contributed by atoms with van der Waals surface area (Å²) in [6.45, 7) is 0.437. The second kappa shape index (κ2) is 14.6. The normalized spacial score (nSPS) is 12.1. The SMILES string of the molecule is COc1ccc2onc(CBr)c2c1.COc1ccc2onc(CN)c2c1.COc1ccc2onc(CN3C(=O)c4ccccc4C3=O)c2c1. The van der Waals surface area contributed by atoms with Crippen molar-refractivity contribution in [1.29, 1.82) is 0 Å². The van der Waals surface area contributed by atoms with E-state index in [4.69, 9.17) is 33.5 Å². The van der Waals surface area contributed by atoms with Gasteiger partial charge in [-0.3, -0.25) is 14.5 Å². The van der Waals surface area contributed by atoms with Crippen molar-refractivity contribution in [1.82, 2.24) is 20.4 Å². The molecule has 3 aromatic heterocycles. The smallest absolute Gasteiger partial charge is 0.261 e. The highest BCUT2D eigenvalue weighted by atomic mass is 79.9. The van der Waals surface area contributed by atoms with Crippen LogP contribution < -0.4 is 19.9 Å². The maximum Gasteiger partial charge on any atom is 0.261 e. The summed E-state index contributed by atoms with van der Waals surface area (Å²) in [7, 11) is 4.83. The zero-order valence-corrected chi connectivity index (χ0v) is 28.2. The molecule has 0 radical (unpaired) electrons. The van der Waals surface area contributed by atoms with E-state index in [9.17, 15) is 9.59 Å². The van der Waals surface area contributed by atoms with Gasteiger partial charge in [0.15, 0.2) is 16.7 Å². The fraction of sp³-hybridized carbons (Fsp3) is 0.171. The average molecular weight is 729 g/mol. The van der Waals surface area contributed by atoms with Crippen LogP contribution in [-0.4, -0.2) is 53.5 Å². The number of hydrogen-bond acceptors (Lipinski definition) is 12. The van der Waals surface area contributed by atoms with E-state index < -0.39 is 0 Å². The van der Waals surface area contributed by atoms with E-state index in [-0.39, 0.29) is 18.4 Å². The van der Waals surface area contributed by atoms with E-state index in [1.54, 1.807) is 63.8 Å². The van der Waals surface area contributed by atoms with Gasteiger partial charge in [0.05, 0.1) is 44.4 Å². The Bertz CT molecular complexity index is 2160. The van der Waals surface area contributed by atoms with Gasteiger partial charge in [0.2, 0.25) is 0 Å². The molecule has 0 fully saturated rings. The number of halogens is 1. The second-order valence-corrected chi connectivity index (χ2v) is 11.1. The maximum atomic E-state index is 12.4. The monoisotopic (exact) mass is 727 g/mol. The molecule has 4 heterocycles. The Labute approximate surface area is 287 Å². The first kappa shape index (κ1) is 33.2. The van der Waals surface area contributed by atoms with Gasteiger partial charge in [0.1, 0.15) is 34.3 Å². The number of fused-ring (bicyclic) bond motifs is 4. The van der Waals surface area contributed by atoms with E-state index in [1.807, 2.05) is 36.4 Å². The molecule has 8 rings (SSSR count). The Morgan fingerprint density at radius 3 is 1.47 bits per heavy atom. The fourth-order valence-corrected chi connectivity index (χ4v) is 5.58. The van der Waals surface area contributed by atoms with Crippen molar-refractivity contribution in [3.8, 4) is 17.2 Å². The van der Waals surface area contributed by atoms with Crippen LogP contribution in [0.15, 0.2) is 92.4 Å². The first-order valence-electron chi connectivity index (χ1n) is 14.9. The van der Waals surface area contributed by atoms with E-state index in [1.165, 1.54) is 4.90 Å². The van der Waals surface area contributed by atoms with E-state index in [2.05, 4.69) is 31.4 Å². The van der Waals surface area contributed by atoms with Crippen LogP contribution in [0.1, 0.15) is 37.8 Å². The zero-order valence-electron chi connectivity index (χ0n) is 26.6. The van der Waals surface area contributed by atoms with E-state index in [0.717, 1.165) is 50.2 Å². The number of imide groups is 1. The van der Waals surface area contributed by atoms with Crippen LogP contribution >= 0.6 is 15.9 Å². The molecule has 0 bridgehead atoms. The summed E-state index contributed by atoms with van der Waals surface area (Å²) in [5, 5.41) is 15.1. The minimum atomic E-state index is -0.315. The third kappa shape index (κ3) is 6.68. The van der Waals surface area contributed by atoms with Gasteiger partial charge in [0, 0.05) is 22.6 Å². The number of hydrogen-bond donors (Lipinski definition) is 1. The average Bonchev–Trinajstić information content (AvgIpc) is 3.93. The lowest BCUT2D eigenvalue weighted by molar-refractivity contribution is 0.0639. The predicted molar refractivity (Wildman–Crippen MR) is 183 cm³/mol. The van der Waals surface area contributed by atoms with Crippen molar-refractivity contribution in [2.45, 2.75) is 18.4 Å². The second-order valence-electron chi connectivity index (χ2n) is 10.6. The number of amides is 2. The van der Waals surface area contributed by atoms with Crippen LogP contribution in [0.2, 0.25) is 0 Å². The molecule has 250 valence electrons. The molecule has 0 spiro atoms. The molecule has 49 heavy (non-hydrogen) atoms. The van der Waals surface area contributed by atoms with Gasteiger partial charge in [0.25, 0.3) is 11.8 Å². The van der Waals surface area contributed by atoms with Crippen LogP contribution in [0.25, 0.3) is 32.9 Å². The van der Waals surface area contributed by atoms with Crippen molar-refractivity contribution in [3.05, 3.63) is 107 Å². The Morgan fingerprint density at radius 2 is 1.04 bits per heavy atom. The third-order valence-electron chi connectivity index (χ3n) is 7.76. The van der Waals surface area contributed by atoms with E-state index >= 15 is 0 Å². The lowest BCUT2D eigenvalue weighted by Crippen LogP contribution is -2.29. The molecule has 1 aliphatic heterocycles. The Balaban J connectivity index is 0.000000137. The molecule has 0 aliphatic carbocycles. The number of nitrogens with two attached hydrogens (primary N) is 1.